The highest BCUT2D eigenvalue weighted by Crippen LogP contribution is 2.23. The highest BCUT2D eigenvalue weighted by Gasteiger charge is 2.31. The van der Waals surface area contributed by atoms with Crippen LogP contribution in [0, 0.1) is 0 Å². The fourth-order valence-electron chi connectivity index (χ4n) is 1.16. The summed E-state index contributed by atoms with van der Waals surface area (Å²) >= 11 is 0. The molecule has 1 aliphatic carbocycles. The molecule has 0 bridgehead atoms. The lowest BCUT2D eigenvalue weighted by atomic mass is 9.85. The van der Waals surface area contributed by atoms with Gasteiger partial charge in [-0.05, 0) is 26.2 Å². The Bertz CT molecular complexity index is 127. The van der Waals surface area contributed by atoms with E-state index in [0.717, 1.165) is 12.8 Å². The minimum absolute atomic E-state index is 0.00810. The van der Waals surface area contributed by atoms with Gasteiger partial charge in [0.15, 0.2) is 5.78 Å². The van der Waals surface area contributed by atoms with Gasteiger partial charge in [0.1, 0.15) is 5.60 Å². The van der Waals surface area contributed by atoms with E-state index < -0.39 is 5.60 Å². The summed E-state index contributed by atoms with van der Waals surface area (Å²) in [6.45, 7) is 1.61. The summed E-state index contributed by atoms with van der Waals surface area (Å²) < 4.78 is 0. The quantitative estimate of drug-likeness (QED) is 0.526. The fraction of sp³-hybridized carbons (Fsp3) is 0.857. The first-order valence-electron chi connectivity index (χ1n) is 3.38. The average Bonchev–Trinajstić information content (AvgIpc) is 1.77. The number of hydrogen-bond acceptors (Lipinski definition) is 2. The standard InChI is InChI=1S/C7H12O2/c1-7(9)5-3-2-4-6(7)8/h9H,2-5H2,1H3/t7-/m1/s1. The maximum absolute atomic E-state index is 10.9. The van der Waals surface area contributed by atoms with E-state index in [-0.39, 0.29) is 5.78 Å². The third-order valence-corrected chi connectivity index (χ3v) is 1.92. The van der Waals surface area contributed by atoms with Crippen LogP contribution in [-0.4, -0.2) is 16.5 Å². The Morgan fingerprint density at radius 2 is 2.22 bits per heavy atom. The summed E-state index contributed by atoms with van der Waals surface area (Å²) in [6, 6.07) is 0. The molecule has 0 aromatic rings. The van der Waals surface area contributed by atoms with Gasteiger partial charge in [-0.2, -0.15) is 0 Å². The van der Waals surface area contributed by atoms with Crippen molar-refractivity contribution in [1.29, 1.82) is 0 Å². The van der Waals surface area contributed by atoms with E-state index in [4.69, 9.17) is 0 Å². The molecule has 2 heteroatoms. The molecule has 0 aliphatic heterocycles. The molecular formula is C7H12O2. The first-order chi connectivity index (χ1) is 4.13. The van der Waals surface area contributed by atoms with Crippen molar-refractivity contribution in [1.82, 2.24) is 0 Å². The Labute approximate surface area is 54.9 Å². The molecule has 1 atom stereocenters. The molecule has 0 unspecified atom stereocenters. The van der Waals surface area contributed by atoms with Gasteiger partial charge in [0, 0.05) is 6.42 Å². The van der Waals surface area contributed by atoms with Gasteiger partial charge in [-0.1, -0.05) is 0 Å². The van der Waals surface area contributed by atoms with Gasteiger partial charge >= 0.3 is 0 Å². The van der Waals surface area contributed by atoms with Crippen LogP contribution in [-0.2, 0) is 4.79 Å². The molecule has 1 saturated carbocycles. The molecule has 1 N–H and O–H groups in total. The van der Waals surface area contributed by atoms with Crippen molar-refractivity contribution >= 4 is 5.78 Å². The van der Waals surface area contributed by atoms with Crippen LogP contribution in [0.15, 0.2) is 0 Å². The van der Waals surface area contributed by atoms with E-state index in [1.165, 1.54) is 0 Å². The van der Waals surface area contributed by atoms with E-state index in [2.05, 4.69) is 0 Å². The zero-order chi connectivity index (χ0) is 6.91. The van der Waals surface area contributed by atoms with Gasteiger partial charge in [-0.3, -0.25) is 4.79 Å². The summed E-state index contributed by atoms with van der Waals surface area (Å²) in [6.07, 6.45) is 3.15. The largest absolute Gasteiger partial charge is 0.382 e. The first kappa shape index (κ1) is 6.75. The summed E-state index contributed by atoms with van der Waals surface area (Å²) in [5.41, 5.74) is -1.00. The summed E-state index contributed by atoms with van der Waals surface area (Å²) in [5, 5.41) is 9.29. The lowest BCUT2D eigenvalue weighted by Gasteiger charge is -2.25. The number of carbonyl (C=O) groups excluding carboxylic acids is 1. The zero-order valence-electron chi connectivity index (χ0n) is 5.68. The SMILES string of the molecule is C[C@@]1(O)CCCCC1=O. The number of Topliss-reactive ketones (excluding diaryl/α,β-unsaturated/α-hetero) is 1. The van der Waals surface area contributed by atoms with Gasteiger partial charge in [0.25, 0.3) is 0 Å². The van der Waals surface area contributed by atoms with E-state index in [0.29, 0.717) is 12.8 Å². The van der Waals surface area contributed by atoms with E-state index in [9.17, 15) is 9.90 Å². The van der Waals surface area contributed by atoms with Gasteiger partial charge in [0.2, 0.25) is 0 Å². The minimum Gasteiger partial charge on any atom is -0.382 e. The molecule has 1 aliphatic rings. The zero-order valence-corrected chi connectivity index (χ0v) is 5.68. The topological polar surface area (TPSA) is 37.3 Å². The van der Waals surface area contributed by atoms with Crippen LogP contribution in [0.4, 0.5) is 0 Å². The molecule has 0 heterocycles. The van der Waals surface area contributed by atoms with Crippen molar-refractivity contribution in [2.45, 2.75) is 38.2 Å². The second kappa shape index (κ2) is 2.10. The van der Waals surface area contributed by atoms with Gasteiger partial charge in [0.05, 0.1) is 0 Å². The van der Waals surface area contributed by atoms with E-state index in [1.807, 2.05) is 0 Å². The van der Waals surface area contributed by atoms with Crippen molar-refractivity contribution in [2.24, 2.45) is 0 Å². The Kier molecular flexibility index (Phi) is 1.58. The lowest BCUT2D eigenvalue weighted by Crippen LogP contribution is -2.37. The number of ketones is 1. The van der Waals surface area contributed by atoms with Crippen LogP contribution in [0.1, 0.15) is 32.6 Å². The van der Waals surface area contributed by atoms with Crippen LogP contribution in [0.3, 0.4) is 0 Å². The Morgan fingerprint density at radius 1 is 1.56 bits per heavy atom. The predicted octanol–water partition coefficient (Wildman–Crippen LogP) is 0.881. The Balaban J connectivity index is 2.60. The third-order valence-electron chi connectivity index (χ3n) is 1.92. The molecule has 0 aromatic heterocycles. The highest BCUT2D eigenvalue weighted by atomic mass is 16.3. The molecule has 0 aromatic carbocycles. The number of carbonyl (C=O) groups is 1. The fourth-order valence-corrected chi connectivity index (χ4v) is 1.16. The Hall–Kier alpha value is -0.370. The summed E-state index contributed by atoms with van der Waals surface area (Å²) in [4.78, 5) is 10.9. The van der Waals surface area contributed by atoms with Crippen molar-refractivity contribution in [3.05, 3.63) is 0 Å². The van der Waals surface area contributed by atoms with E-state index >= 15 is 0 Å². The van der Waals surface area contributed by atoms with Gasteiger partial charge in [-0.15, -0.1) is 0 Å². The smallest absolute Gasteiger partial charge is 0.164 e. The molecule has 0 saturated heterocycles. The summed E-state index contributed by atoms with van der Waals surface area (Å²) in [7, 11) is 0. The van der Waals surface area contributed by atoms with Crippen LogP contribution < -0.4 is 0 Å². The van der Waals surface area contributed by atoms with E-state index in [1.54, 1.807) is 6.92 Å². The van der Waals surface area contributed by atoms with Gasteiger partial charge < -0.3 is 5.11 Å². The second-order valence-electron chi connectivity index (χ2n) is 2.90. The average molecular weight is 128 g/mol. The molecular weight excluding hydrogens is 116 g/mol. The lowest BCUT2D eigenvalue weighted by molar-refractivity contribution is -0.138. The summed E-state index contributed by atoms with van der Waals surface area (Å²) in [5.74, 6) is 0.00810. The van der Waals surface area contributed by atoms with Crippen molar-refractivity contribution in [3.8, 4) is 0 Å². The monoisotopic (exact) mass is 128 g/mol. The molecule has 9 heavy (non-hydrogen) atoms. The van der Waals surface area contributed by atoms with Gasteiger partial charge in [-0.25, -0.2) is 0 Å². The maximum Gasteiger partial charge on any atom is 0.164 e. The molecule has 2 nitrogen and oxygen atoms in total. The first-order valence-corrected chi connectivity index (χ1v) is 3.38. The van der Waals surface area contributed by atoms with Crippen molar-refractivity contribution in [2.75, 3.05) is 0 Å². The maximum atomic E-state index is 10.9. The molecule has 1 fully saturated rings. The highest BCUT2D eigenvalue weighted by molar-refractivity contribution is 5.87. The third kappa shape index (κ3) is 1.30. The normalized spacial score (nSPS) is 36.9. The van der Waals surface area contributed by atoms with Crippen molar-refractivity contribution in [3.63, 3.8) is 0 Å². The number of rotatable bonds is 0. The van der Waals surface area contributed by atoms with Crippen molar-refractivity contribution < 1.29 is 9.90 Å². The van der Waals surface area contributed by atoms with Crippen LogP contribution in [0.25, 0.3) is 0 Å². The predicted molar refractivity (Wildman–Crippen MR) is 34.1 cm³/mol. The minimum atomic E-state index is -1.00. The molecule has 1 rings (SSSR count). The molecule has 0 amide bonds. The van der Waals surface area contributed by atoms with Crippen LogP contribution in [0.2, 0.25) is 0 Å². The van der Waals surface area contributed by atoms with Crippen LogP contribution >= 0.6 is 0 Å². The number of aliphatic hydroxyl groups is 1. The Morgan fingerprint density at radius 3 is 2.56 bits per heavy atom. The molecule has 0 spiro atoms. The van der Waals surface area contributed by atoms with Crippen LogP contribution in [0.5, 0.6) is 0 Å². The molecule has 0 radical (unpaired) electrons. The number of hydrogen-bond donors (Lipinski definition) is 1. The second-order valence-corrected chi connectivity index (χ2v) is 2.90. The molecule has 52 valence electrons.